The summed E-state index contributed by atoms with van der Waals surface area (Å²) in [7, 11) is 0. The summed E-state index contributed by atoms with van der Waals surface area (Å²) in [5.41, 5.74) is 0.367. The molecular weight excluding hydrogens is 282 g/mol. The molecule has 2 rings (SSSR count). The molecule has 0 saturated heterocycles. The van der Waals surface area contributed by atoms with Crippen molar-refractivity contribution in [2.24, 2.45) is 0 Å². The molecule has 2 aromatic carbocycles. The first kappa shape index (κ1) is 15.5. The number of nitrogens with one attached hydrogen (secondary N) is 1. The van der Waals surface area contributed by atoms with E-state index in [1.165, 1.54) is 24.3 Å². The molecular formula is C16H15F4N. The number of benzene rings is 2. The lowest BCUT2D eigenvalue weighted by atomic mass is 9.97. The Morgan fingerprint density at radius 3 is 2.14 bits per heavy atom. The van der Waals surface area contributed by atoms with E-state index >= 15 is 0 Å². The molecule has 2 aromatic rings. The SMILES string of the molecule is CCNC(Cc1ccc(F)c(F)c1)c1c(F)cccc1F. The molecule has 0 aliphatic rings. The van der Waals surface area contributed by atoms with E-state index in [2.05, 4.69) is 5.32 Å². The predicted molar refractivity (Wildman–Crippen MR) is 72.8 cm³/mol. The van der Waals surface area contributed by atoms with Crippen molar-refractivity contribution in [1.29, 1.82) is 0 Å². The van der Waals surface area contributed by atoms with Crippen molar-refractivity contribution in [3.63, 3.8) is 0 Å². The van der Waals surface area contributed by atoms with Gasteiger partial charge in [0.15, 0.2) is 11.6 Å². The molecule has 0 heterocycles. The van der Waals surface area contributed by atoms with Gasteiger partial charge in [-0.05, 0) is 42.8 Å². The third-order valence-electron chi connectivity index (χ3n) is 3.22. The Labute approximate surface area is 120 Å². The lowest BCUT2D eigenvalue weighted by Crippen LogP contribution is -2.25. The number of halogens is 4. The minimum Gasteiger partial charge on any atom is -0.310 e. The number of hydrogen-bond acceptors (Lipinski definition) is 1. The average molecular weight is 297 g/mol. The van der Waals surface area contributed by atoms with E-state index in [4.69, 9.17) is 0 Å². The summed E-state index contributed by atoms with van der Waals surface area (Å²) in [5, 5.41) is 2.97. The van der Waals surface area contributed by atoms with Gasteiger partial charge in [-0.25, -0.2) is 17.6 Å². The standard InChI is InChI=1S/C16H15F4N/c1-2-21-15(16-12(18)4-3-5-13(16)19)9-10-6-7-11(17)14(20)8-10/h3-8,15,21H,2,9H2,1H3. The molecule has 0 fully saturated rings. The lowest BCUT2D eigenvalue weighted by Gasteiger charge is -2.20. The summed E-state index contributed by atoms with van der Waals surface area (Å²) in [5.74, 6) is -3.25. The molecule has 1 nitrogen and oxygen atoms in total. The largest absolute Gasteiger partial charge is 0.310 e. The second kappa shape index (κ2) is 6.72. The van der Waals surface area contributed by atoms with Crippen LogP contribution >= 0.6 is 0 Å². The molecule has 1 unspecified atom stereocenters. The third-order valence-corrected chi connectivity index (χ3v) is 3.22. The maximum atomic E-state index is 13.9. The first-order chi connectivity index (χ1) is 10.0. The van der Waals surface area contributed by atoms with Crippen LogP contribution in [0.2, 0.25) is 0 Å². The highest BCUT2D eigenvalue weighted by molar-refractivity contribution is 5.27. The van der Waals surface area contributed by atoms with Crippen molar-refractivity contribution < 1.29 is 17.6 Å². The molecule has 0 radical (unpaired) electrons. The lowest BCUT2D eigenvalue weighted by molar-refractivity contribution is 0.469. The van der Waals surface area contributed by atoms with Gasteiger partial charge < -0.3 is 5.32 Å². The van der Waals surface area contributed by atoms with Gasteiger partial charge >= 0.3 is 0 Å². The van der Waals surface area contributed by atoms with Crippen LogP contribution in [0.1, 0.15) is 24.1 Å². The van der Waals surface area contributed by atoms with E-state index in [1.807, 2.05) is 0 Å². The highest BCUT2D eigenvalue weighted by Gasteiger charge is 2.20. The Kier molecular flexibility index (Phi) is 4.96. The first-order valence-electron chi connectivity index (χ1n) is 6.64. The van der Waals surface area contributed by atoms with E-state index in [0.29, 0.717) is 12.1 Å². The summed E-state index contributed by atoms with van der Waals surface area (Å²) < 4.78 is 53.9. The number of hydrogen-bond donors (Lipinski definition) is 1. The van der Waals surface area contributed by atoms with Crippen molar-refractivity contribution in [3.8, 4) is 0 Å². The Balaban J connectivity index is 2.33. The maximum absolute atomic E-state index is 13.9. The predicted octanol–water partition coefficient (Wildman–Crippen LogP) is 4.14. The van der Waals surface area contributed by atoms with Crippen molar-refractivity contribution in [3.05, 3.63) is 70.8 Å². The number of likely N-dealkylation sites (N-methyl/N-ethyl adjacent to an activating group) is 1. The Bertz CT molecular complexity index is 607. The minimum atomic E-state index is -0.975. The highest BCUT2D eigenvalue weighted by Crippen LogP contribution is 2.24. The van der Waals surface area contributed by atoms with Crippen molar-refractivity contribution >= 4 is 0 Å². The summed E-state index contributed by atoms with van der Waals surface area (Å²) in [6.45, 7) is 2.29. The molecule has 1 atom stereocenters. The fourth-order valence-corrected chi connectivity index (χ4v) is 2.27. The fraction of sp³-hybridized carbons (Fsp3) is 0.250. The summed E-state index contributed by atoms with van der Waals surface area (Å²) in [4.78, 5) is 0. The van der Waals surface area contributed by atoms with Crippen LogP contribution in [0.15, 0.2) is 36.4 Å². The number of rotatable bonds is 5. The van der Waals surface area contributed by atoms with Gasteiger partial charge in [0.2, 0.25) is 0 Å². The summed E-state index contributed by atoms with van der Waals surface area (Å²) in [6.07, 6.45) is 0.156. The van der Waals surface area contributed by atoms with E-state index in [1.54, 1.807) is 6.92 Å². The molecule has 0 saturated carbocycles. The van der Waals surface area contributed by atoms with Gasteiger partial charge in [-0.15, -0.1) is 0 Å². The quantitative estimate of drug-likeness (QED) is 0.818. The monoisotopic (exact) mass is 297 g/mol. The van der Waals surface area contributed by atoms with E-state index in [0.717, 1.165) is 12.1 Å². The Morgan fingerprint density at radius 2 is 1.57 bits per heavy atom. The van der Waals surface area contributed by atoms with E-state index in [9.17, 15) is 17.6 Å². The zero-order valence-electron chi connectivity index (χ0n) is 11.5. The second-order valence-electron chi connectivity index (χ2n) is 4.70. The van der Waals surface area contributed by atoms with Gasteiger partial charge in [0.25, 0.3) is 0 Å². The van der Waals surface area contributed by atoms with Gasteiger partial charge in [0, 0.05) is 11.6 Å². The van der Waals surface area contributed by atoms with Gasteiger partial charge in [0.1, 0.15) is 11.6 Å². The normalized spacial score (nSPS) is 12.4. The average Bonchev–Trinajstić information content (AvgIpc) is 2.43. The fourth-order valence-electron chi connectivity index (χ4n) is 2.27. The van der Waals surface area contributed by atoms with Crippen LogP contribution in [-0.4, -0.2) is 6.54 Å². The molecule has 21 heavy (non-hydrogen) atoms. The zero-order chi connectivity index (χ0) is 15.4. The van der Waals surface area contributed by atoms with Crippen LogP contribution in [0.25, 0.3) is 0 Å². The van der Waals surface area contributed by atoms with Gasteiger partial charge in [-0.2, -0.15) is 0 Å². The topological polar surface area (TPSA) is 12.0 Å². The Hall–Kier alpha value is -1.88. The molecule has 112 valence electrons. The third kappa shape index (κ3) is 3.61. The molecule has 0 spiro atoms. The molecule has 1 N–H and O–H groups in total. The molecule has 0 aromatic heterocycles. The van der Waals surface area contributed by atoms with Crippen LogP contribution in [0.5, 0.6) is 0 Å². The Morgan fingerprint density at radius 1 is 0.905 bits per heavy atom. The minimum absolute atomic E-state index is 0.0934. The van der Waals surface area contributed by atoms with Gasteiger partial charge in [-0.1, -0.05) is 19.1 Å². The molecule has 0 aliphatic heterocycles. The molecule has 0 bridgehead atoms. The molecule has 0 amide bonds. The maximum Gasteiger partial charge on any atom is 0.159 e. The summed E-state index contributed by atoms with van der Waals surface area (Å²) in [6, 6.07) is 6.43. The first-order valence-corrected chi connectivity index (χ1v) is 6.64. The second-order valence-corrected chi connectivity index (χ2v) is 4.70. The van der Waals surface area contributed by atoms with E-state index < -0.39 is 29.3 Å². The molecule has 5 heteroatoms. The van der Waals surface area contributed by atoms with Crippen molar-refractivity contribution in [2.75, 3.05) is 6.54 Å². The zero-order valence-corrected chi connectivity index (χ0v) is 11.5. The van der Waals surface area contributed by atoms with Crippen molar-refractivity contribution in [1.82, 2.24) is 5.32 Å². The highest BCUT2D eigenvalue weighted by atomic mass is 19.2. The van der Waals surface area contributed by atoms with Crippen LogP contribution in [0, 0.1) is 23.3 Å². The van der Waals surface area contributed by atoms with Crippen molar-refractivity contribution in [2.45, 2.75) is 19.4 Å². The van der Waals surface area contributed by atoms with Crippen LogP contribution in [0.4, 0.5) is 17.6 Å². The van der Waals surface area contributed by atoms with Crippen LogP contribution < -0.4 is 5.32 Å². The van der Waals surface area contributed by atoms with Gasteiger partial charge in [0.05, 0.1) is 0 Å². The summed E-state index contributed by atoms with van der Waals surface area (Å²) >= 11 is 0. The smallest absolute Gasteiger partial charge is 0.159 e. The van der Waals surface area contributed by atoms with Gasteiger partial charge in [-0.3, -0.25) is 0 Å². The van der Waals surface area contributed by atoms with E-state index in [-0.39, 0.29) is 12.0 Å². The van der Waals surface area contributed by atoms with Crippen LogP contribution in [0.3, 0.4) is 0 Å². The molecule has 0 aliphatic carbocycles. The van der Waals surface area contributed by atoms with Crippen LogP contribution in [-0.2, 0) is 6.42 Å².